The van der Waals surface area contributed by atoms with Gasteiger partial charge in [-0.05, 0) is 48.3 Å². The average Bonchev–Trinajstić information content (AvgIpc) is 2.61. The second-order valence-electron chi connectivity index (χ2n) is 4.04. The first-order valence-corrected chi connectivity index (χ1v) is 7.11. The van der Waals surface area contributed by atoms with Crippen LogP contribution < -0.4 is 5.32 Å². The molecule has 1 aromatic carbocycles. The van der Waals surface area contributed by atoms with Crippen LogP contribution in [-0.4, -0.2) is 4.98 Å². The minimum Gasteiger partial charge on any atom is -0.378 e. The van der Waals surface area contributed by atoms with E-state index in [0.717, 1.165) is 27.4 Å². The number of hydrogen-bond acceptors (Lipinski definition) is 3. The van der Waals surface area contributed by atoms with Gasteiger partial charge in [0, 0.05) is 15.0 Å². The molecule has 0 aliphatic heterocycles. The highest BCUT2D eigenvalue weighted by atomic mass is 79.9. The van der Waals surface area contributed by atoms with Gasteiger partial charge in [0.1, 0.15) is 5.01 Å². The van der Waals surface area contributed by atoms with Gasteiger partial charge in [-0.25, -0.2) is 4.98 Å². The standard InChI is InChI=1S/C13H15BrN2S/c1-8-5-4-6-11(13(8)14)15-7-12-16-9(2)10(3)17-12/h4-6,15H,7H2,1-3H3. The summed E-state index contributed by atoms with van der Waals surface area (Å²) < 4.78 is 1.13. The van der Waals surface area contributed by atoms with Gasteiger partial charge in [-0.3, -0.25) is 0 Å². The molecule has 0 aliphatic carbocycles. The molecule has 17 heavy (non-hydrogen) atoms. The average molecular weight is 311 g/mol. The second kappa shape index (κ2) is 5.19. The van der Waals surface area contributed by atoms with E-state index in [1.165, 1.54) is 10.4 Å². The Bertz CT molecular complexity index is 515. The van der Waals surface area contributed by atoms with Crippen molar-refractivity contribution in [2.75, 3.05) is 5.32 Å². The van der Waals surface area contributed by atoms with E-state index in [1.807, 2.05) is 0 Å². The molecule has 0 unspecified atom stereocenters. The Morgan fingerprint density at radius 1 is 1.29 bits per heavy atom. The van der Waals surface area contributed by atoms with Gasteiger partial charge >= 0.3 is 0 Å². The molecular weight excluding hydrogens is 296 g/mol. The predicted molar refractivity (Wildman–Crippen MR) is 77.8 cm³/mol. The minimum atomic E-state index is 0.779. The van der Waals surface area contributed by atoms with Gasteiger partial charge in [0.25, 0.3) is 0 Å². The molecule has 0 radical (unpaired) electrons. The van der Waals surface area contributed by atoms with Crippen LogP contribution in [0.5, 0.6) is 0 Å². The largest absolute Gasteiger partial charge is 0.378 e. The van der Waals surface area contributed by atoms with Gasteiger partial charge in [0.05, 0.1) is 12.2 Å². The third-order valence-corrected chi connectivity index (χ3v) is 4.82. The van der Waals surface area contributed by atoms with Crippen molar-refractivity contribution >= 4 is 33.0 Å². The number of benzene rings is 1. The molecule has 0 bridgehead atoms. The normalized spacial score (nSPS) is 10.6. The molecule has 90 valence electrons. The lowest BCUT2D eigenvalue weighted by Gasteiger charge is -2.08. The summed E-state index contributed by atoms with van der Waals surface area (Å²) in [5.41, 5.74) is 3.49. The fourth-order valence-corrected chi connectivity index (χ4v) is 2.85. The van der Waals surface area contributed by atoms with E-state index in [1.54, 1.807) is 11.3 Å². The number of aromatic nitrogens is 1. The first-order chi connectivity index (χ1) is 8.08. The van der Waals surface area contributed by atoms with Gasteiger partial charge in [-0.15, -0.1) is 11.3 Å². The third-order valence-electron chi connectivity index (χ3n) is 2.69. The maximum atomic E-state index is 4.52. The third kappa shape index (κ3) is 2.87. The smallest absolute Gasteiger partial charge is 0.112 e. The van der Waals surface area contributed by atoms with Gasteiger partial charge in [-0.1, -0.05) is 12.1 Å². The lowest BCUT2D eigenvalue weighted by molar-refractivity contribution is 1.07. The maximum absolute atomic E-state index is 4.52. The van der Waals surface area contributed by atoms with Crippen LogP contribution in [0.15, 0.2) is 22.7 Å². The molecule has 1 heterocycles. The highest BCUT2D eigenvalue weighted by molar-refractivity contribution is 9.10. The zero-order chi connectivity index (χ0) is 12.4. The van der Waals surface area contributed by atoms with Crippen molar-refractivity contribution in [3.63, 3.8) is 0 Å². The molecule has 1 N–H and O–H groups in total. The summed E-state index contributed by atoms with van der Waals surface area (Å²) in [7, 11) is 0. The van der Waals surface area contributed by atoms with Crippen LogP contribution >= 0.6 is 27.3 Å². The molecule has 0 spiro atoms. The lowest BCUT2D eigenvalue weighted by atomic mass is 10.2. The highest BCUT2D eigenvalue weighted by Gasteiger charge is 2.05. The Morgan fingerprint density at radius 2 is 2.06 bits per heavy atom. The topological polar surface area (TPSA) is 24.9 Å². The Hall–Kier alpha value is -0.870. The molecule has 0 saturated heterocycles. The Labute approximate surface area is 114 Å². The number of rotatable bonds is 3. The predicted octanol–water partition coefficient (Wildman–Crippen LogP) is 4.44. The van der Waals surface area contributed by atoms with Crippen molar-refractivity contribution in [3.05, 3.63) is 43.8 Å². The summed E-state index contributed by atoms with van der Waals surface area (Å²) in [5.74, 6) is 0. The highest BCUT2D eigenvalue weighted by Crippen LogP contribution is 2.26. The minimum absolute atomic E-state index is 0.779. The Kier molecular flexibility index (Phi) is 3.84. The summed E-state index contributed by atoms with van der Waals surface area (Å²) in [5, 5.41) is 4.54. The van der Waals surface area contributed by atoms with Crippen LogP contribution in [0.25, 0.3) is 0 Å². The van der Waals surface area contributed by atoms with Gasteiger partial charge in [0.15, 0.2) is 0 Å². The molecule has 2 rings (SSSR count). The lowest BCUT2D eigenvalue weighted by Crippen LogP contribution is -2.00. The van der Waals surface area contributed by atoms with Crippen molar-refractivity contribution in [1.82, 2.24) is 4.98 Å². The molecule has 0 fully saturated rings. The molecule has 0 saturated carbocycles. The Morgan fingerprint density at radius 3 is 2.71 bits per heavy atom. The van der Waals surface area contributed by atoms with Gasteiger partial charge in [-0.2, -0.15) is 0 Å². The van der Waals surface area contributed by atoms with Crippen molar-refractivity contribution in [3.8, 4) is 0 Å². The van der Waals surface area contributed by atoms with Gasteiger partial charge < -0.3 is 5.32 Å². The van der Waals surface area contributed by atoms with E-state index < -0.39 is 0 Å². The van der Waals surface area contributed by atoms with Gasteiger partial charge in [0.2, 0.25) is 0 Å². The summed E-state index contributed by atoms with van der Waals surface area (Å²) in [6.45, 7) is 7.03. The summed E-state index contributed by atoms with van der Waals surface area (Å²) in [4.78, 5) is 5.81. The molecule has 4 heteroatoms. The van der Waals surface area contributed by atoms with E-state index in [0.29, 0.717) is 0 Å². The number of anilines is 1. The van der Waals surface area contributed by atoms with Crippen LogP contribution in [0, 0.1) is 20.8 Å². The summed E-state index contributed by atoms with van der Waals surface area (Å²) >= 11 is 5.35. The molecule has 2 nitrogen and oxygen atoms in total. The van der Waals surface area contributed by atoms with Crippen molar-refractivity contribution < 1.29 is 0 Å². The van der Waals surface area contributed by atoms with E-state index in [9.17, 15) is 0 Å². The number of nitrogens with one attached hydrogen (secondary N) is 1. The van der Waals surface area contributed by atoms with Crippen molar-refractivity contribution in [1.29, 1.82) is 0 Å². The fraction of sp³-hybridized carbons (Fsp3) is 0.308. The van der Waals surface area contributed by atoms with Crippen LogP contribution in [0.3, 0.4) is 0 Å². The first-order valence-electron chi connectivity index (χ1n) is 5.50. The molecule has 0 amide bonds. The number of aryl methyl sites for hydroxylation is 3. The monoisotopic (exact) mass is 310 g/mol. The molecule has 2 aromatic rings. The van der Waals surface area contributed by atoms with Crippen LogP contribution in [0.2, 0.25) is 0 Å². The van der Waals surface area contributed by atoms with Crippen LogP contribution in [0.1, 0.15) is 21.1 Å². The maximum Gasteiger partial charge on any atom is 0.112 e. The van der Waals surface area contributed by atoms with Crippen LogP contribution in [-0.2, 0) is 6.54 Å². The summed E-state index contributed by atoms with van der Waals surface area (Å²) in [6.07, 6.45) is 0. The SMILES string of the molecule is Cc1cccc(NCc2nc(C)c(C)s2)c1Br. The number of halogens is 1. The van der Waals surface area contributed by atoms with E-state index >= 15 is 0 Å². The number of hydrogen-bond donors (Lipinski definition) is 1. The number of thiazole rings is 1. The summed E-state index contributed by atoms with van der Waals surface area (Å²) in [6, 6.07) is 6.22. The number of nitrogens with zero attached hydrogens (tertiary/aromatic N) is 1. The van der Waals surface area contributed by atoms with Crippen molar-refractivity contribution in [2.45, 2.75) is 27.3 Å². The first kappa shape index (κ1) is 12.6. The Balaban J connectivity index is 2.10. The zero-order valence-corrected chi connectivity index (χ0v) is 12.6. The van der Waals surface area contributed by atoms with Crippen LogP contribution in [0.4, 0.5) is 5.69 Å². The quantitative estimate of drug-likeness (QED) is 0.906. The molecule has 0 atom stereocenters. The molecular formula is C13H15BrN2S. The molecule has 0 aliphatic rings. The zero-order valence-electron chi connectivity index (χ0n) is 10.2. The van der Waals surface area contributed by atoms with E-state index in [-0.39, 0.29) is 0 Å². The fourth-order valence-electron chi connectivity index (χ4n) is 1.57. The van der Waals surface area contributed by atoms with Crippen molar-refractivity contribution in [2.24, 2.45) is 0 Å². The molecule has 1 aromatic heterocycles. The van der Waals surface area contributed by atoms with E-state index in [2.05, 4.69) is 65.2 Å². The van der Waals surface area contributed by atoms with E-state index in [4.69, 9.17) is 0 Å². The second-order valence-corrected chi connectivity index (χ2v) is 6.12.